The van der Waals surface area contributed by atoms with Crippen molar-refractivity contribution in [1.29, 1.82) is 0 Å². The lowest BCUT2D eigenvalue weighted by Crippen LogP contribution is -2.35. The lowest BCUT2D eigenvalue weighted by atomic mass is 10.0. The zero-order chi connectivity index (χ0) is 18.9. The zero-order valence-electron chi connectivity index (χ0n) is 14.9. The van der Waals surface area contributed by atoms with Crippen molar-refractivity contribution in [3.05, 3.63) is 65.2 Å². The number of hydrogen-bond donors (Lipinski definition) is 2. The fourth-order valence-corrected chi connectivity index (χ4v) is 2.44. The third-order valence-corrected chi connectivity index (χ3v) is 3.81. The standard InChI is InChI=1S/C20H22N2O4/c1-14(23)16-8-9-18(26-2)17(12-16)13-19(24)21-10-11-22-20(25)15-6-4-3-5-7-15/h3-9,12H,10-11,13H2,1-2H3,(H,21,24)(H,22,25). The van der Waals surface area contributed by atoms with E-state index in [0.717, 1.165) is 0 Å². The summed E-state index contributed by atoms with van der Waals surface area (Å²) < 4.78 is 5.24. The van der Waals surface area contributed by atoms with Crippen LogP contribution in [0.5, 0.6) is 5.75 Å². The summed E-state index contributed by atoms with van der Waals surface area (Å²) in [5, 5.41) is 5.49. The number of carbonyl (C=O) groups excluding carboxylic acids is 3. The predicted octanol–water partition coefficient (Wildman–Crippen LogP) is 1.99. The van der Waals surface area contributed by atoms with E-state index in [4.69, 9.17) is 4.74 Å². The first-order valence-corrected chi connectivity index (χ1v) is 8.29. The number of hydrogen-bond acceptors (Lipinski definition) is 4. The van der Waals surface area contributed by atoms with Crippen molar-refractivity contribution in [3.63, 3.8) is 0 Å². The van der Waals surface area contributed by atoms with Gasteiger partial charge in [-0.25, -0.2) is 0 Å². The first kappa shape index (κ1) is 19.2. The van der Waals surface area contributed by atoms with Gasteiger partial charge in [0.05, 0.1) is 13.5 Å². The molecule has 0 aliphatic heterocycles. The van der Waals surface area contributed by atoms with Crippen molar-refractivity contribution in [3.8, 4) is 5.75 Å². The van der Waals surface area contributed by atoms with Crippen molar-refractivity contribution < 1.29 is 19.1 Å². The van der Waals surface area contributed by atoms with Gasteiger partial charge < -0.3 is 15.4 Å². The monoisotopic (exact) mass is 354 g/mol. The topological polar surface area (TPSA) is 84.5 Å². The van der Waals surface area contributed by atoms with E-state index in [-0.39, 0.29) is 24.0 Å². The van der Waals surface area contributed by atoms with Crippen LogP contribution in [-0.4, -0.2) is 37.8 Å². The van der Waals surface area contributed by atoms with E-state index in [2.05, 4.69) is 10.6 Å². The molecule has 2 amide bonds. The second kappa shape index (κ2) is 9.36. The number of benzene rings is 2. The van der Waals surface area contributed by atoms with Crippen LogP contribution in [0.2, 0.25) is 0 Å². The summed E-state index contributed by atoms with van der Waals surface area (Å²) in [6.45, 7) is 2.11. The van der Waals surface area contributed by atoms with Crippen molar-refractivity contribution in [2.24, 2.45) is 0 Å². The molecule has 0 aliphatic carbocycles. The van der Waals surface area contributed by atoms with E-state index in [1.54, 1.807) is 42.5 Å². The molecule has 136 valence electrons. The van der Waals surface area contributed by atoms with Crippen molar-refractivity contribution in [2.45, 2.75) is 13.3 Å². The van der Waals surface area contributed by atoms with Crippen LogP contribution in [-0.2, 0) is 11.2 Å². The van der Waals surface area contributed by atoms with E-state index in [1.807, 2.05) is 6.07 Å². The summed E-state index contributed by atoms with van der Waals surface area (Å²) in [6.07, 6.45) is 0.0942. The fourth-order valence-electron chi connectivity index (χ4n) is 2.44. The molecular formula is C20H22N2O4. The highest BCUT2D eigenvalue weighted by atomic mass is 16.5. The molecule has 2 aromatic rings. The predicted molar refractivity (Wildman–Crippen MR) is 98.5 cm³/mol. The molecule has 0 radical (unpaired) electrons. The van der Waals surface area contributed by atoms with E-state index in [1.165, 1.54) is 14.0 Å². The molecular weight excluding hydrogens is 332 g/mol. The molecule has 0 fully saturated rings. The largest absolute Gasteiger partial charge is 0.496 e. The molecule has 26 heavy (non-hydrogen) atoms. The average Bonchev–Trinajstić information content (AvgIpc) is 2.65. The van der Waals surface area contributed by atoms with E-state index in [9.17, 15) is 14.4 Å². The summed E-state index contributed by atoms with van der Waals surface area (Å²) >= 11 is 0. The molecule has 0 heterocycles. The first-order chi connectivity index (χ1) is 12.5. The molecule has 0 saturated carbocycles. The Morgan fingerprint density at radius 3 is 2.27 bits per heavy atom. The van der Waals surface area contributed by atoms with Crippen LogP contribution >= 0.6 is 0 Å². The van der Waals surface area contributed by atoms with E-state index >= 15 is 0 Å². The Morgan fingerprint density at radius 1 is 0.923 bits per heavy atom. The normalized spacial score (nSPS) is 10.1. The van der Waals surface area contributed by atoms with Gasteiger partial charge in [0.15, 0.2) is 5.78 Å². The van der Waals surface area contributed by atoms with E-state index < -0.39 is 0 Å². The van der Waals surface area contributed by atoms with Crippen molar-refractivity contribution in [2.75, 3.05) is 20.2 Å². The van der Waals surface area contributed by atoms with Gasteiger partial charge >= 0.3 is 0 Å². The highest BCUT2D eigenvalue weighted by Crippen LogP contribution is 2.20. The maximum atomic E-state index is 12.1. The average molecular weight is 354 g/mol. The number of carbonyl (C=O) groups is 3. The van der Waals surface area contributed by atoms with E-state index in [0.29, 0.717) is 35.5 Å². The third-order valence-electron chi connectivity index (χ3n) is 3.81. The number of methoxy groups -OCH3 is 1. The number of Topliss-reactive ketones (excluding diaryl/α,β-unsaturated/α-hetero) is 1. The Hall–Kier alpha value is -3.15. The molecule has 0 saturated heterocycles. The number of rotatable bonds is 8. The minimum atomic E-state index is -0.210. The molecule has 0 aromatic heterocycles. The van der Waals surface area contributed by atoms with Gasteiger partial charge in [0.1, 0.15) is 5.75 Å². The SMILES string of the molecule is COc1ccc(C(C)=O)cc1CC(=O)NCCNC(=O)c1ccccc1. The molecule has 2 aromatic carbocycles. The smallest absolute Gasteiger partial charge is 0.251 e. The third kappa shape index (κ3) is 5.44. The van der Waals surface area contributed by atoms with Gasteiger partial charge in [-0.05, 0) is 37.3 Å². The summed E-state index contributed by atoms with van der Waals surface area (Å²) in [5.74, 6) is 0.0918. The van der Waals surface area contributed by atoms with Gasteiger partial charge in [-0.2, -0.15) is 0 Å². The van der Waals surface area contributed by atoms with Crippen LogP contribution in [0.3, 0.4) is 0 Å². The molecule has 0 spiro atoms. The maximum Gasteiger partial charge on any atom is 0.251 e. The van der Waals surface area contributed by atoms with Gasteiger partial charge in [0.25, 0.3) is 5.91 Å². The highest BCUT2D eigenvalue weighted by Gasteiger charge is 2.11. The second-order valence-electron chi connectivity index (χ2n) is 5.73. The molecule has 0 atom stereocenters. The van der Waals surface area contributed by atoms with Gasteiger partial charge in [-0.15, -0.1) is 0 Å². The summed E-state index contributed by atoms with van der Waals surface area (Å²) in [5.41, 5.74) is 1.75. The van der Waals surface area contributed by atoms with Gasteiger partial charge in [0, 0.05) is 29.8 Å². The Bertz CT molecular complexity index is 788. The van der Waals surface area contributed by atoms with Crippen LogP contribution in [0.25, 0.3) is 0 Å². The molecule has 6 heteroatoms. The van der Waals surface area contributed by atoms with Crippen LogP contribution in [0.4, 0.5) is 0 Å². The van der Waals surface area contributed by atoms with Crippen LogP contribution < -0.4 is 15.4 Å². The van der Waals surface area contributed by atoms with Gasteiger partial charge in [-0.3, -0.25) is 14.4 Å². The summed E-state index contributed by atoms with van der Waals surface area (Å²) in [6, 6.07) is 13.9. The number of nitrogens with one attached hydrogen (secondary N) is 2. The lowest BCUT2D eigenvalue weighted by molar-refractivity contribution is -0.120. The van der Waals surface area contributed by atoms with Gasteiger partial charge in [-0.1, -0.05) is 18.2 Å². The molecule has 0 aliphatic rings. The number of ether oxygens (including phenoxy) is 1. The lowest BCUT2D eigenvalue weighted by Gasteiger charge is -2.11. The molecule has 6 nitrogen and oxygen atoms in total. The Morgan fingerprint density at radius 2 is 1.62 bits per heavy atom. The quantitative estimate of drug-likeness (QED) is 0.561. The van der Waals surface area contributed by atoms with Gasteiger partial charge in [0.2, 0.25) is 5.91 Å². The minimum Gasteiger partial charge on any atom is -0.496 e. The fraction of sp³-hybridized carbons (Fsp3) is 0.250. The molecule has 0 bridgehead atoms. The highest BCUT2D eigenvalue weighted by molar-refractivity contribution is 5.95. The first-order valence-electron chi connectivity index (χ1n) is 8.29. The van der Waals surface area contributed by atoms with Crippen LogP contribution in [0.15, 0.2) is 48.5 Å². The Labute approximate surface area is 152 Å². The Balaban J connectivity index is 1.83. The number of amides is 2. The maximum absolute atomic E-state index is 12.1. The Kier molecular flexibility index (Phi) is 6.91. The van der Waals surface area contributed by atoms with Crippen LogP contribution in [0, 0.1) is 0 Å². The molecule has 2 N–H and O–H groups in total. The summed E-state index contributed by atoms with van der Waals surface area (Å²) in [4.78, 5) is 35.5. The zero-order valence-corrected chi connectivity index (χ0v) is 14.9. The van der Waals surface area contributed by atoms with Crippen LogP contribution in [0.1, 0.15) is 33.2 Å². The number of ketones is 1. The minimum absolute atomic E-state index is 0.0714. The second-order valence-corrected chi connectivity index (χ2v) is 5.73. The molecule has 0 unspecified atom stereocenters. The van der Waals surface area contributed by atoms with Crippen molar-refractivity contribution in [1.82, 2.24) is 10.6 Å². The molecule has 2 rings (SSSR count). The van der Waals surface area contributed by atoms with Crippen molar-refractivity contribution >= 4 is 17.6 Å². The summed E-state index contributed by atoms with van der Waals surface area (Å²) in [7, 11) is 1.52.